The number of likely N-dealkylation sites (N-methyl/N-ethyl adjacent to an activating group) is 1. The van der Waals surface area contributed by atoms with E-state index in [1.807, 2.05) is 11.8 Å². The van der Waals surface area contributed by atoms with E-state index in [0.29, 0.717) is 6.04 Å². The molecule has 1 atom stereocenters. The molecule has 2 nitrogen and oxygen atoms in total. The van der Waals surface area contributed by atoms with Crippen molar-refractivity contribution >= 4 is 22.7 Å². The molecule has 2 aromatic rings. The Bertz CT molecular complexity index is 557. The Labute approximate surface area is 106 Å². The fraction of sp³-hybridized carbons (Fsp3) is 0.429. The van der Waals surface area contributed by atoms with Crippen LogP contribution < -0.4 is 0 Å². The topological polar surface area (TPSA) is 19.0 Å². The van der Waals surface area contributed by atoms with Gasteiger partial charge in [0, 0.05) is 16.9 Å². The van der Waals surface area contributed by atoms with E-state index in [-0.39, 0.29) is 0 Å². The molecule has 90 valence electrons. The molecule has 1 aliphatic carbocycles. The van der Waals surface area contributed by atoms with Crippen LogP contribution in [0.25, 0.3) is 10.9 Å². The number of nitrogens with zero attached hydrogens (tertiary/aromatic N) is 1. The number of thioether (sulfide) groups is 1. The molecular weight excluding hydrogens is 228 g/mol. The van der Waals surface area contributed by atoms with Gasteiger partial charge >= 0.3 is 0 Å². The van der Waals surface area contributed by atoms with Crippen molar-refractivity contribution in [2.75, 3.05) is 20.4 Å². The van der Waals surface area contributed by atoms with Gasteiger partial charge in [-0.3, -0.25) is 0 Å². The number of hydrogen-bond acceptors (Lipinski definition) is 2. The summed E-state index contributed by atoms with van der Waals surface area (Å²) in [5.74, 6) is 0. The van der Waals surface area contributed by atoms with Gasteiger partial charge in [0.15, 0.2) is 0 Å². The van der Waals surface area contributed by atoms with E-state index >= 15 is 0 Å². The Morgan fingerprint density at radius 3 is 2.82 bits per heavy atom. The van der Waals surface area contributed by atoms with Gasteiger partial charge in [0.1, 0.15) is 0 Å². The maximum Gasteiger partial charge on any atom is 0.0763 e. The third kappa shape index (κ3) is 1.69. The van der Waals surface area contributed by atoms with Crippen LogP contribution >= 0.6 is 11.8 Å². The van der Waals surface area contributed by atoms with Crippen LogP contribution in [-0.2, 0) is 12.8 Å². The first-order chi connectivity index (χ1) is 8.20. The van der Waals surface area contributed by atoms with Crippen LogP contribution in [0, 0.1) is 0 Å². The Hall–Kier alpha value is -0.930. The number of H-pyrrole nitrogens is 1. The van der Waals surface area contributed by atoms with Gasteiger partial charge in [0.2, 0.25) is 0 Å². The van der Waals surface area contributed by atoms with Crippen molar-refractivity contribution in [2.24, 2.45) is 0 Å². The molecule has 1 aliphatic rings. The molecule has 1 unspecified atom stereocenters. The predicted octanol–water partition coefficient (Wildman–Crippen LogP) is 2.92. The fourth-order valence-corrected chi connectivity index (χ4v) is 3.48. The lowest BCUT2D eigenvalue weighted by atomic mass is 9.89. The summed E-state index contributed by atoms with van der Waals surface area (Å²) < 4.78 is 0. The molecule has 17 heavy (non-hydrogen) atoms. The molecule has 0 aliphatic heterocycles. The largest absolute Gasteiger partial charge is 0.349 e. The highest BCUT2D eigenvalue weighted by Gasteiger charge is 2.25. The van der Waals surface area contributed by atoms with E-state index in [9.17, 15) is 0 Å². The molecule has 0 amide bonds. The third-order valence-corrected chi connectivity index (χ3v) is 4.56. The highest BCUT2D eigenvalue weighted by atomic mass is 32.2. The second-order valence-corrected chi connectivity index (χ2v) is 5.82. The van der Waals surface area contributed by atoms with Gasteiger partial charge in [-0.2, -0.15) is 0 Å². The lowest BCUT2D eigenvalue weighted by Gasteiger charge is -2.28. The summed E-state index contributed by atoms with van der Waals surface area (Å²) in [4.78, 5) is 5.90. The summed E-state index contributed by atoms with van der Waals surface area (Å²) in [7, 11) is 4.36. The Morgan fingerprint density at radius 1 is 1.29 bits per heavy atom. The van der Waals surface area contributed by atoms with E-state index in [0.717, 1.165) is 0 Å². The van der Waals surface area contributed by atoms with Gasteiger partial charge < -0.3 is 9.88 Å². The molecule has 0 saturated heterocycles. The minimum atomic E-state index is 0.634. The van der Waals surface area contributed by atoms with E-state index in [2.05, 4.69) is 48.4 Å². The van der Waals surface area contributed by atoms with Gasteiger partial charge in [0.25, 0.3) is 0 Å². The van der Waals surface area contributed by atoms with E-state index < -0.39 is 0 Å². The average Bonchev–Trinajstić information content (AvgIpc) is 2.69. The van der Waals surface area contributed by atoms with Crippen molar-refractivity contribution in [1.29, 1.82) is 0 Å². The predicted molar refractivity (Wildman–Crippen MR) is 75.0 cm³/mol. The summed E-state index contributed by atoms with van der Waals surface area (Å²) in [6.07, 6.45) is 4.49. The van der Waals surface area contributed by atoms with Crippen molar-refractivity contribution < 1.29 is 0 Å². The van der Waals surface area contributed by atoms with Crippen molar-refractivity contribution in [3.8, 4) is 0 Å². The van der Waals surface area contributed by atoms with Gasteiger partial charge in [0.05, 0.1) is 5.03 Å². The number of aromatic amines is 1. The van der Waals surface area contributed by atoms with Crippen molar-refractivity contribution in [3.05, 3.63) is 29.3 Å². The molecule has 0 saturated carbocycles. The molecule has 0 radical (unpaired) electrons. The molecular formula is C14H18N2S. The first-order valence-electron chi connectivity index (χ1n) is 6.03. The van der Waals surface area contributed by atoms with Crippen LogP contribution in [-0.4, -0.2) is 36.3 Å². The van der Waals surface area contributed by atoms with Crippen LogP contribution in [0.4, 0.5) is 0 Å². The zero-order chi connectivity index (χ0) is 12.0. The normalized spacial score (nSPS) is 19.2. The van der Waals surface area contributed by atoms with Crippen LogP contribution in [0.5, 0.6) is 0 Å². The lowest BCUT2D eigenvalue weighted by Crippen LogP contribution is -2.34. The van der Waals surface area contributed by atoms with E-state index in [1.54, 1.807) is 0 Å². The zero-order valence-electron chi connectivity index (χ0n) is 10.6. The molecule has 1 heterocycles. The zero-order valence-corrected chi connectivity index (χ0v) is 11.4. The maximum atomic E-state index is 3.55. The van der Waals surface area contributed by atoms with Crippen LogP contribution in [0.15, 0.2) is 23.2 Å². The SMILES string of the molecule is CSc1[nH]c2cccc3c2c1CC(N(C)C)C3. The number of nitrogens with one attached hydrogen (secondary N) is 1. The first kappa shape index (κ1) is 11.2. The number of hydrogen-bond donors (Lipinski definition) is 1. The Balaban J connectivity index is 2.20. The molecule has 0 bridgehead atoms. The first-order valence-corrected chi connectivity index (χ1v) is 7.26. The minimum Gasteiger partial charge on any atom is -0.349 e. The standard InChI is InChI=1S/C14H18N2S/c1-16(2)10-7-9-5-4-6-12-13(9)11(8-10)14(15-12)17-3/h4-6,10,15H,7-8H2,1-3H3. The Kier molecular flexibility index (Phi) is 2.68. The summed E-state index contributed by atoms with van der Waals surface area (Å²) in [6.45, 7) is 0. The van der Waals surface area contributed by atoms with Crippen molar-refractivity contribution in [2.45, 2.75) is 23.9 Å². The minimum absolute atomic E-state index is 0.634. The second-order valence-electron chi connectivity index (χ2n) is 5.00. The molecule has 1 N–H and O–H groups in total. The van der Waals surface area contributed by atoms with Gasteiger partial charge in [-0.15, -0.1) is 11.8 Å². The highest BCUT2D eigenvalue weighted by molar-refractivity contribution is 7.98. The molecule has 3 heteroatoms. The van der Waals surface area contributed by atoms with E-state index in [1.165, 1.54) is 39.9 Å². The number of aromatic nitrogens is 1. The molecule has 3 rings (SSSR count). The van der Waals surface area contributed by atoms with Crippen LogP contribution in [0.2, 0.25) is 0 Å². The summed E-state index contributed by atoms with van der Waals surface area (Å²) >= 11 is 1.83. The monoisotopic (exact) mass is 246 g/mol. The van der Waals surface area contributed by atoms with Gasteiger partial charge in [-0.1, -0.05) is 12.1 Å². The molecule has 1 aromatic heterocycles. The van der Waals surface area contributed by atoms with Gasteiger partial charge in [-0.05, 0) is 50.4 Å². The summed E-state index contributed by atoms with van der Waals surface area (Å²) in [5, 5.41) is 2.83. The van der Waals surface area contributed by atoms with Crippen LogP contribution in [0.3, 0.4) is 0 Å². The number of benzene rings is 1. The molecule has 1 aromatic carbocycles. The molecule has 0 spiro atoms. The quantitative estimate of drug-likeness (QED) is 0.822. The molecule has 0 fully saturated rings. The van der Waals surface area contributed by atoms with Crippen LogP contribution in [0.1, 0.15) is 11.1 Å². The number of rotatable bonds is 2. The fourth-order valence-electron chi connectivity index (χ4n) is 2.84. The Morgan fingerprint density at radius 2 is 2.12 bits per heavy atom. The van der Waals surface area contributed by atoms with Crippen molar-refractivity contribution in [1.82, 2.24) is 9.88 Å². The maximum absolute atomic E-state index is 3.55. The lowest BCUT2D eigenvalue weighted by molar-refractivity contribution is 0.286. The highest BCUT2D eigenvalue weighted by Crippen LogP contribution is 2.36. The van der Waals surface area contributed by atoms with Crippen molar-refractivity contribution in [3.63, 3.8) is 0 Å². The van der Waals surface area contributed by atoms with E-state index in [4.69, 9.17) is 0 Å². The third-order valence-electron chi connectivity index (χ3n) is 3.80. The van der Waals surface area contributed by atoms with Gasteiger partial charge in [-0.25, -0.2) is 0 Å². The summed E-state index contributed by atoms with van der Waals surface area (Å²) in [6, 6.07) is 7.27. The smallest absolute Gasteiger partial charge is 0.0763 e. The summed E-state index contributed by atoms with van der Waals surface area (Å²) in [5.41, 5.74) is 4.33. The average molecular weight is 246 g/mol. The second kappa shape index (κ2) is 4.07.